The number of halogens is 3. The van der Waals surface area contributed by atoms with Crippen LogP contribution in [0.2, 0.25) is 0 Å². The first-order chi connectivity index (χ1) is 11.4. The van der Waals surface area contributed by atoms with Gasteiger partial charge < -0.3 is 9.80 Å². The average Bonchev–Trinajstić information content (AvgIpc) is 2.55. The summed E-state index contributed by atoms with van der Waals surface area (Å²) in [5.74, 6) is 0.0630. The second-order valence-electron chi connectivity index (χ2n) is 6.39. The predicted octanol–water partition coefficient (Wildman–Crippen LogP) is 2.37. The summed E-state index contributed by atoms with van der Waals surface area (Å²) in [6.45, 7) is 7.01. The molecule has 3 nitrogen and oxygen atoms in total. The molecule has 1 heterocycles. The van der Waals surface area contributed by atoms with Gasteiger partial charge in [-0.05, 0) is 32.8 Å². The topological polar surface area (TPSA) is 24.8 Å². The monoisotopic (exact) mass is 343 g/mol. The molecule has 1 aliphatic rings. The van der Waals surface area contributed by atoms with Gasteiger partial charge in [-0.1, -0.05) is 18.2 Å². The zero-order chi connectivity index (χ0) is 17.7. The maximum atomic E-state index is 13.1. The van der Waals surface area contributed by atoms with E-state index in [1.807, 2.05) is 18.7 Å². The average molecular weight is 343 g/mol. The Kier molecular flexibility index (Phi) is 6.27. The molecule has 1 unspecified atom stereocenters. The Balaban J connectivity index is 2.08. The summed E-state index contributed by atoms with van der Waals surface area (Å²) in [7, 11) is 0. The molecule has 2 atom stereocenters. The Hall–Kier alpha value is -1.56. The number of alkyl halides is 3. The van der Waals surface area contributed by atoms with Gasteiger partial charge in [0.15, 0.2) is 0 Å². The molecule has 24 heavy (non-hydrogen) atoms. The highest BCUT2D eigenvalue weighted by Gasteiger charge is 2.35. The molecular formula is C18H26F3N2O+. The van der Waals surface area contributed by atoms with Gasteiger partial charge in [0, 0.05) is 18.7 Å². The SMILES string of the molecule is CCN(CC)C(=O)[C@H]1CCC[NH+](Cc2ccccc2C(F)(F)F)C1. The van der Waals surface area contributed by atoms with Crippen LogP contribution in [0.15, 0.2) is 24.3 Å². The second kappa shape index (κ2) is 8.01. The van der Waals surface area contributed by atoms with Crippen molar-refractivity contribution in [1.82, 2.24) is 4.90 Å². The van der Waals surface area contributed by atoms with Crippen molar-refractivity contribution in [2.24, 2.45) is 5.92 Å². The molecule has 0 saturated carbocycles. The van der Waals surface area contributed by atoms with Crippen LogP contribution in [0, 0.1) is 5.92 Å². The van der Waals surface area contributed by atoms with Crippen molar-refractivity contribution in [3.8, 4) is 0 Å². The molecule has 1 N–H and O–H groups in total. The normalized spacial score (nSPS) is 21.5. The highest BCUT2D eigenvalue weighted by atomic mass is 19.4. The number of hydrogen-bond donors (Lipinski definition) is 1. The molecule has 1 saturated heterocycles. The Bertz CT molecular complexity index is 555. The van der Waals surface area contributed by atoms with E-state index in [1.54, 1.807) is 12.1 Å². The van der Waals surface area contributed by atoms with Crippen molar-refractivity contribution < 1.29 is 22.9 Å². The molecule has 0 spiro atoms. The number of amides is 1. The van der Waals surface area contributed by atoms with Crippen molar-refractivity contribution in [1.29, 1.82) is 0 Å². The third-order valence-electron chi connectivity index (χ3n) is 4.81. The zero-order valence-electron chi connectivity index (χ0n) is 14.3. The highest BCUT2D eigenvalue weighted by Crippen LogP contribution is 2.31. The molecule has 1 fully saturated rings. The van der Waals surface area contributed by atoms with E-state index in [1.165, 1.54) is 6.07 Å². The predicted molar refractivity (Wildman–Crippen MR) is 86.5 cm³/mol. The summed E-state index contributed by atoms with van der Waals surface area (Å²) in [5, 5.41) is 0. The van der Waals surface area contributed by atoms with Gasteiger partial charge in [-0.3, -0.25) is 4.79 Å². The van der Waals surface area contributed by atoms with Crippen molar-refractivity contribution >= 4 is 5.91 Å². The standard InChI is InChI=1S/C18H25F3N2O/c1-3-23(4-2)17(24)15-9-7-11-22(13-15)12-14-8-5-6-10-16(14)18(19,20)21/h5-6,8,10,15H,3-4,7,9,11-13H2,1-2H3/p+1/t15-/m0/s1. The summed E-state index contributed by atoms with van der Waals surface area (Å²) < 4.78 is 39.4. The molecule has 2 rings (SSSR count). The quantitative estimate of drug-likeness (QED) is 0.872. The maximum Gasteiger partial charge on any atom is 0.416 e. The summed E-state index contributed by atoms with van der Waals surface area (Å²) >= 11 is 0. The Morgan fingerprint density at radius 1 is 1.25 bits per heavy atom. The number of quaternary nitrogens is 1. The van der Waals surface area contributed by atoms with Gasteiger partial charge in [0.25, 0.3) is 0 Å². The summed E-state index contributed by atoms with van der Waals surface area (Å²) in [6, 6.07) is 5.75. The van der Waals surface area contributed by atoms with E-state index in [9.17, 15) is 18.0 Å². The Morgan fingerprint density at radius 3 is 2.54 bits per heavy atom. The number of carbonyl (C=O) groups excluding carboxylic acids is 1. The van der Waals surface area contributed by atoms with Crippen LogP contribution < -0.4 is 4.90 Å². The lowest BCUT2D eigenvalue weighted by molar-refractivity contribution is -0.921. The van der Waals surface area contributed by atoms with E-state index in [4.69, 9.17) is 0 Å². The lowest BCUT2D eigenvalue weighted by Crippen LogP contribution is -3.12. The van der Waals surface area contributed by atoms with Gasteiger partial charge in [0.1, 0.15) is 6.54 Å². The number of benzene rings is 1. The number of rotatable bonds is 5. The van der Waals surface area contributed by atoms with Crippen molar-refractivity contribution in [3.05, 3.63) is 35.4 Å². The minimum absolute atomic E-state index is 0.0771. The van der Waals surface area contributed by atoms with Crippen LogP contribution in [-0.2, 0) is 17.5 Å². The number of piperidine rings is 1. The third kappa shape index (κ3) is 4.50. The number of nitrogens with zero attached hydrogens (tertiary/aromatic N) is 1. The van der Waals surface area contributed by atoms with Crippen LogP contribution in [0.5, 0.6) is 0 Å². The van der Waals surface area contributed by atoms with Crippen molar-refractivity contribution in [2.45, 2.75) is 39.4 Å². The van der Waals surface area contributed by atoms with Gasteiger partial charge in [-0.2, -0.15) is 13.2 Å². The van der Waals surface area contributed by atoms with Crippen LogP contribution in [0.4, 0.5) is 13.2 Å². The molecule has 1 aromatic rings. The molecule has 1 aromatic carbocycles. The van der Waals surface area contributed by atoms with E-state index in [0.29, 0.717) is 31.7 Å². The van der Waals surface area contributed by atoms with Gasteiger partial charge >= 0.3 is 6.18 Å². The number of nitrogens with one attached hydrogen (secondary N) is 1. The van der Waals surface area contributed by atoms with E-state index >= 15 is 0 Å². The number of likely N-dealkylation sites (tertiary alicyclic amines) is 1. The van der Waals surface area contributed by atoms with Crippen molar-refractivity contribution in [3.63, 3.8) is 0 Å². The smallest absolute Gasteiger partial charge is 0.343 e. The van der Waals surface area contributed by atoms with Gasteiger partial charge in [-0.15, -0.1) is 0 Å². The first-order valence-electron chi connectivity index (χ1n) is 8.64. The number of carbonyl (C=O) groups is 1. The fraction of sp³-hybridized carbons (Fsp3) is 0.611. The van der Waals surface area contributed by atoms with E-state index in [0.717, 1.165) is 30.4 Å². The second-order valence-corrected chi connectivity index (χ2v) is 6.39. The summed E-state index contributed by atoms with van der Waals surface area (Å²) in [4.78, 5) is 15.4. The third-order valence-corrected chi connectivity index (χ3v) is 4.81. The molecule has 0 aromatic heterocycles. The maximum absolute atomic E-state index is 13.1. The Labute approximate surface area is 141 Å². The first kappa shape index (κ1) is 18.8. The van der Waals surface area contributed by atoms with Gasteiger partial charge in [-0.25, -0.2) is 0 Å². The van der Waals surface area contributed by atoms with Crippen LogP contribution >= 0.6 is 0 Å². The molecule has 1 aliphatic heterocycles. The molecule has 0 aliphatic carbocycles. The molecule has 134 valence electrons. The molecule has 0 bridgehead atoms. The minimum Gasteiger partial charge on any atom is -0.343 e. The van der Waals surface area contributed by atoms with E-state index in [2.05, 4.69) is 0 Å². The summed E-state index contributed by atoms with van der Waals surface area (Å²) in [5.41, 5.74) is -0.245. The first-order valence-corrected chi connectivity index (χ1v) is 8.64. The Morgan fingerprint density at radius 2 is 1.92 bits per heavy atom. The minimum atomic E-state index is -4.33. The molecule has 1 amide bonds. The van der Waals surface area contributed by atoms with Crippen molar-refractivity contribution in [2.75, 3.05) is 26.2 Å². The number of hydrogen-bond acceptors (Lipinski definition) is 1. The molecule has 6 heteroatoms. The molecular weight excluding hydrogens is 317 g/mol. The van der Waals surface area contributed by atoms with E-state index in [-0.39, 0.29) is 11.8 Å². The van der Waals surface area contributed by atoms with Crippen LogP contribution in [0.1, 0.15) is 37.8 Å². The van der Waals surface area contributed by atoms with Crippen LogP contribution in [-0.4, -0.2) is 37.0 Å². The lowest BCUT2D eigenvalue weighted by Gasteiger charge is -2.32. The summed E-state index contributed by atoms with van der Waals surface area (Å²) in [6.07, 6.45) is -2.62. The van der Waals surface area contributed by atoms with Gasteiger partial charge in [0.05, 0.1) is 24.6 Å². The largest absolute Gasteiger partial charge is 0.416 e. The fourth-order valence-corrected chi connectivity index (χ4v) is 3.54. The van der Waals surface area contributed by atoms with Gasteiger partial charge in [0.2, 0.25) is 5.91 Å². The van der Waals surface area contributed by atoms with Crippen LogP contribution in [0.25, 0.3) is 0 Å². The van der Waals surface area contributed by atoms with Crippen LogP contribution in [0.3, 0.4) is 0 Å². The highest BCUT2D eigenvalue weighted by molar-refractivity contribution is 5.78. The zero-order valence-corrected chi connectivity index (χ0v) is 14.3. The lowest BCUT2D eigenvalue weighted by atomic mass is 9.95. The fourth-order valence-electron chi connectivity index (χ4n) is 3.54. The molecule has 0 radical (unpaired) electrons. The van der Waals surface area contributed by atoms with E-state index < -0.39 is 11.7 Å².